The van der Waals surface area contributed by atoms with Gasteiger partial charge in [0.1, 0.15) is 4.83 Å². The van der Waals surface area contributed by atoms with Gasteiger partial charge in [-0.25, -0.2) is 9.78 Å². The van der Waals surface area contributed by atoms with E-state index < -0.39 is 17.2 Å². The molecule has 0 aromatic carbocycles. The molecule has 0 fully saturated rings. The van der Waals surface area contributed by atoms with E-state index >= 15 is 0 Å². The zero-order valence-electron chi connectivity index (χ0n) is 15.3. The average Bonchev–Trinajstić information content (AvgIpc) is 3.18. The summed E-state index contributed by atoms with van der Waals surface area (Å²) in [4.78, 5) is 43.5. The molecule has 2 aromatic rings. The molecule has 2 heterocycles. The van der Waals surface area contributed by atoms with Gasteiger partial charge in [-0.1, -0.05) is 17.8 Å². The molecule has 3 amide bonds. The van der Waals surface area contributed by atoms with Gasteiger partial charge in [0.05, 0.1) is 10.6 Å². The lowest BCUT2D eigenvalue weighted by Gasteiger charge is -2.14. The first-order valence-electron chi connectivity index (χ1n) is 8.87. The van der Waals surface area contributed by atoms with E-state index in [0.717, 1.165) is 29.7 Å². The molecule has 2 N–H and O–H groups in total. The molecule has 0 saturated carbocycles. The Morgan fingerprint density at radius 1 is 1.44 bits per heavy atom. The highest BCUT2D eigenvalue weighted by molar-refractivity contribution is 8.00. The minimum atomic E-state index is -0.583. The van der Waals surface area contributed by atoms with Crippen LogP contribution in [0.1, 0.15) is 30.7 Å². The van der Waals surface area contributed by atoms with Crippen molar-refractivity contribution in [2.75, 3.05) is 6.54 Å². The average molecular weight is 407 g/mol. The van der Waals surface area contributed by atoms with Gasteiger partial charge in [-0.15, -0.1) is 17.9 Å². The van der Waals surface area contributed by atoms with Gasteiger partial charge in [-0.3, -0.25) is 19.5 Å². The molecule has 9 heteroatoms. The third-order valence-corrected chi connectivity index (χ3v) is 6.60. The Hall–Kier alpha value is -2.13. The number of urea groups is 1. The third-order valence-electron chi connectivity index (χ3n) is 4.33. The molecule has 0 radical (unpaired) electrons. The SMILES string of the molecule is C=CCn1c(S[C@H](C)C(=O)NC(=O)NCC)nc2sc3c(c2c1=O)CCC3. The highest BCUT2D eigenvalue weighted by Crippen LogP contribution is 2.36. The highest BCUT2D eigenvalue weighted by atomic mass is 32.2. The van der Waals surface area contributed by atoms with E-state index in [4.69, 9.17) is 0 Å². The Bertz CT molecular complexity index is 964. The number of carbonyl (C=O) groups is 2. The maximum atomic E-state index is 13.1. The van der Waals surface area contributed by atoms with E-state index in [-0.39, 0.29) is 5.56 Å². The van der Waals surface area contributed by atoms with Gasteiger partial charge in [0.2, 0.25) is 5.91 Å². The molecule has 2 aromatic heterocycles. The van der Waals surface area contributed by atoms with Crippen molar-refractivity contribution in [3.05, 3.63) is 33.4 Å². The molecule has 3 rings (SSSR count). The lowest BCUT2D eigenvalue weighted by molar-refractivity contribution is -0.119. The predicted octanol–water partition coefficient (Wildman–Crippen LogP) is 2.46. The fourth-order valence-electron chi connectivity index (χ4n) is 3.07. The molecule has 0 saturated heterocycles. The maximum Gasteiger partial charge on any atom is 0.321 e. The summed E-state index contributed by atoms with van der Waals surface area (Å²) in [6.07, 6.45) is 4.62. The van der Waals surface area contributed by atoms with Crippen LogP contribution in [-0.2, 0) is 24.2 Å². The topological polar surface area (TPSA) is 93.1 Å². The van der Waals surface area contributed by atoms with Crippen LogP contribution < -0.4 is 16.2 Å². The number of allylic oxidation sites excluding steroid dienone is 1. The van der Waals surface area contributed by atoms with Crippen molar-refractivity contribution in [3.63, 3.8) is 0 Å². The molecule has 0 unspecified atom stereocenters. The van der Waals surface area contributed by atoms with Gasteiger partial charge < -0.3 is 5.32 Å². The molecule has 0 spiro atoms. The number of rotatable bonds is 6. The van der Waals surface area contributed by atoms with E-state index in [0.29, 0.717) is 23.6 Å². The number of nitrogens with one attached hydrogen (secondary N) is 2. The number of thioether (sulfide) groups is 1. The standard InChI is InChI=1S/C18H22N4O3S2/c1-4-9-22-16(24)13-11-7-6-8-12(11)27-15(13)21-18(22)26-10(3)14(23)20-17(25)19-5-2/h4,10H,1,5-9H2,2-3H3,(H2,19,20,23,25)/t10-/m1/s1. The quantitative estimate of drug-likeness (QED) is 0.437. The summed E-state index contributed by atoms with van der Waals surface area (Å²) < 4.78 is 1.56. The monoisotopic (exact) mass is 406 g/mol. The van der Waals surface area contributed by atoms with Crippen LogP contribution in [0.3, 0.4) is 0 Å². The van der Waals surface area contributed by atoms with E-state index in [2.05, 4.69) is 22.2 Å². The van der Waals surface area contributed by atoms with E-state index in [1.165, 1.54) is 16.6 Å². The van der Waals surface area contributed by atoms with Crippen LogP contribution in [-0.4, -0.2) is 33.3 Å². The number of carbonyl (C=O) groups excluding carboxylic acids is 2. The van der Waals surface area contributed by atoms with Crippen LogP contribution in [0.5, 0.6) is 0 Å². The van der Waals surface area contributed by atoms with Gasteiger partial charge in [0, 0.05) is 18.0 Å². The van der Waals surface area contributed by atoms with Gasteiger partial charge in [-0.05, 0) is 38.7 Å². The summed E-state index contributed by atoms with van der Waals surface area (Å²) in [5.41, 5.74) is 1.04. The number of imide groups is 1. The van der Waals surface area contributed by atoms with Crippen molar-refractivity contribution in [2.24, 2.45) is 0 Å². The van der Waals surface area contributed by atoms with Gasteiger partial charge >= 0.3 is 6.03 Å². The zero-order valence-corrected chi connectivity index (χ0v) is 17.0. The van der Waals surface area contributed by atoms with Crippen LogP contribution in [0, 0.1) is 0 Å². The first-order chi connectivity index (χ1) is 13.0. The normalized spacial score (nSPS) is 14.0. The molecule has 0 bridgehead atoms. The van der Waals surface area contributed by atoms with Crippen LogP contribution in [0.4, 0.5) is 4.79 Å². The number of aryl methyl sites for hydroxylation is 2. The van der Waals surface area contributed by atoms with Gasteiger partial charge in [0.25, 0.3) is 5.56 Å². The second-order valence-corrected chi connectivity index (χ2v) is 8.64. The van der Waals surface area contributed by atoms with Gasteiger partial charge in [-0.2, -0.15) is 0 Å². The minimum Gasteiger partial charge on any atom is -0.338 e. The number of aromatic nitrogens is 2. The van der Waals surface area contributed by atoms with Crippen molar-refractivity contribution >= 4 is 45.3 Å². The van der Waals surface area contributed by atoms with Crippen molar-refractivity contribution in [2.45, 2.75) is 50.1 Å². The summed E-state index contributed by atoms with van der Waals surface area (Å²) in [6, 6.07) is -0.531. The lowest BCUT2D eigenvalue weighted by atomic mass is 10.2. The summed E-state index contributed by atoms with van der Waals surface area (Å²) in [7, 11) is 0. The zero-order chi connectivity index (χ0) is 19.6. The Morgan fingerprint density at radius 2 is 2.22 bits per heavy atom. The maximum absolute atomic E-state index is 13.1. The van der Waals surface area contributed by atoms with Crippen molar-refractivity contribution in [1.29, 1.82) is 0 Å². The molecule has 1 aliphatic carbocycles. The Kier molecular flexibility index (Phi) is 6.01. The Morgan fingerprint density at radius 3 is 2.93 bits per heavy atom. The smallest absolute Gasteiger partial charge is 0.321 e. The second kappa shape index (κ2) is 8.26. The summed E-state index contributed by atoms with van der Waals surface area (Å²) in [5, 5.41) is 5.40. The largest absolute Gasteiger partial charge is 0.338 e. The number of thiophene rings is 1. The van der Waals surface area contributed by atoms with Crippen LogP contribution in [0.25, 0.3) is 10.2 Å². The molecule has 0 aliphatic heterocycles. The molecule has 144 valence electrons. The first-order valence-corrected chi connectivity index (χ1v) is 10.6. The van der Waals surface area contributed by atoms with Crippen LogP contribution >= 0.6 is 23.1 Å². The lowest BCUT2D eigenvalue weighted by Crippen LogP contribution is -2.42. The summed E-state index contributed by atoms with van der Waals surface area (Å²) in [6.45, 7) is 7.93. The fraction of sp³-hybridized carbons (Fsp3) is 0.444. The Balaban J connectivity index is 1.92. The number of fused-ring (bicyclic) bond motifs is 3. The van der Waals surface area contributed by atoms with E-state index in [1.807, 2.05) is 0 Å². The van der Waals surface area contributed by atoms with Crippen molar-refractivity contribution in [3.8, 4) is 0 Å². The molecule has 7 nitrogen and oxygen atoms in total. The van der Waals surface area contributed by atoms with E-state index in [1.54, 1.807) is 35.8 Å². The summed E-state index contributed by atoms with van der Waals surface area (Å²) in [5.74, 6) is -0.431. The molecular weight excluding hydrogens is 384 g/mol. The number of hydrogen-bond donors (Lipinski definition) is 2. The predicted molar refractivity (Wildman–Crippen MR) is 109 cm³/mol. The fourth-order valence-corrected chi connectivity index (χ4v) is 5.29. The summed E-state index contributed by atoms with van der Waals surface area (Å²) >= 11 is 2.73. The van der Waals surface area contributed by atoms with Crippen molar-refractivity contribution < 1.29 is 9.59 Å². The van der Waals surface area contributed by atoms with Crippen LogP contribution in [0.15, 0.2) is 22.6 Å². The molecule has 27 heavy (non-hydrogen) atoms. The first kappa shape index (κ1) is 19.6. The highest BCUT2D eigenvalue weighted by Gasteiger charge is 2.25. The molecule has 1 atom stereocenters. The number of hydrogen-bond acceptors (Lipinski definition) is 6. The van der Waals surface area contributed by atoms with Crippen molar-refractivity contribution in [1.82, 2.24) is 20.2 Å². The number of amides is 3. The minimum absolute atomic E-state index is 0.0851. The Labute approximate surface area is 165 Å². The molecular formula is C18H22N4O3S2. The van der Waals surface area contributed by atoms with Crippen LogP contribution in [0.2, 0.25) is 0 Å². The van der Waals surface area contributed by atoms with Gasteiger partial charge in [0.15, 0.2) is 5.16 Å². The number of nitrogens with zero attached hydrogens (tertiary/aromatic N) is 2. The third kappa shape index (κ3) is 3.93. The molecule has 1 aliphatic rings. The van der Waals surface area contributed by atoms with E-state index in [9.17, 15) is 14.4 Å². The second-order valence-electron chi connectivity index (χ2n) is 6.25.